The minimum Gasteiger partial charge on any atom is -0.482 e. The van der Waals surface area contributed by atoms with E-state index >= 15 is 0 Å². The van der Waals surface area contributed by atoms with Gasteiger partial charge in [0.25, 0.3) is 15.0 Å². The summed E-state index contributed by atoms with van der Waals surface area (Å²) in [4.78, 5) is 11.4. The highest BCUT2D eigenvalue weighted by Gasteiger charge is 2.18. The summed E-state index contributed by atoms with van der Waals surface area (Å²) in [5, 5.41) is 2.64. The van der Waals surface area contributed by atoms with Crippen LogP contribution in [-0.2, 0) is 18.6 Å². The van der Waals surface area contributed by atoms with Crippen LogP contribution in [-0.4, -0.2) is 40.7 Å². The van der Waals surface area contributed by atoms with Gasteiger partial charge in [-0.1, -0.05) is 15.9 Å². The summed E-state index contributed by atoms with van der Waals surface area (Å²) < 4.78 is 33.6. The topological polar surface area (TPSA) is 81.7 Å². The monoisotopic (exact) mass is 399 g/mol. The van der Waals surface area contributed by atoms with E-state index in [0.717, 1.165) is 0 Å². The quantitative estimate of drug-likeness (QED) is 0.707. The number of hydrogen-bond acceptors (Lipinski definition) is 5. The first-order valence-corrected chi connectivity index (χ1v) is 8.99. The molecular formula is C12H15BrClNO5S. The Morgan fingerprint density at radius 2 is 2.14 bits per heavy atom. The number of methoxy groups -OCH3 is 1. The predicted molar refractivity (Wildman–Crippen MR) is 82.2 cm³/mol. The Bertz CT molecular complexity index is 608. The second-order valence-electron chi connectivity index (χ2n) is 4.24. The van der Waals surface area contributed by atoms with Gasteiger partial charge in [0, 0.05) is 28.3 Å². The Hall–Kier alpha value is -0.830. The summed E-state index contributed by atoms with van der Waals surface area (Å²) in [5.41, 5.74) is 0. The second-order valence-corrected chi connectivity index (χ2v) is 7.69. The molecule has 1 aromatic rings. The van der Waals surface area contributed by atoms with Crippen molar-refractivity contribution in [1.82, 2.24) is 5.32 Å². The molecular weight excluding hydrogens is 386 g/mol. The number of benzene rings is 1. The first-order valence-electron chi connectivity index (χ1n) is 5.89. The normalized spacial score (nSPS) is 12.8. The average Bonchev–Trinajstić information content (AvgIpc) is 2.36. The Labute approximate surface area is 136 Å². The van der Waals surface area contributed by atoms with Crippen LogP contribution in [0.25, 0.3) is 0 Å². The Balaban J connectivity index is 2.74. The fourth-order valence-electron chi connectivity index (χ4n) is 1.54. The summed E-state index contributed by atoms with van der Waals surface area (Å²) in [7, 11) is 2.89. The lowest BCUT2D eigenvalue weighted by molar-refractivity contribution is -0.124. The molecule has 0 spiro atoms. The fraction of sp³-hybridized carbons (Fsp3) is 0.417. The molecule has 0 aliphatic carbocycles. The van der Waals surface area contributed by atoms with Crippen molar-refractivity contribution in [3.05, 3.63) is 22.7 Å². The van der Waals surface area contributed by atoms with Gasteiger partial charge in [-0.2, -0.15) is 0 Å². The van der Waals surface area contributed by atoms with Crippen LogP contribution in [0.3, 0.4) is 0 Å². The highest BCUT2D eigenvalue weighted by Crippen LogP contribution is 2.29. The smallest absolute Gasteiger partial charge is 0.265 e. The van der Waals surface area contributed by atoms with Crippen molar-refractivity contribution in [3.8, 4) is 5.75 Å². The van der Waals surface area contributed by atoms with Gasteiger partial charge in [-0.3, -0.25) is 4.79 Å². The molecule has 1 aromatic carbocycles. The minimum atomic E-state index is -3.97. The molecule has 118 valence electrons. The average molecular weight is 401 g/mol. The summed E-state index contributed by atoms with van der Waals surface area (Å²) in [6.07, 6.45) is 0. The lowest BCUT2D eigenvalue weighted by atomic mass is 10.3. The van der Waals surface area contributed by atoms with E-state index in [2.05, 4.69) is 21.2 Å². The van der Waals surface area contributed by atoms with E-state index in [4.69, 9.17) is 20.2 Å². The van der Waals surface area contributed by atoms with Crippen molar-refractivity contribution in [3.63, 3.8) is 0 Å². The van der Waals surface area contributed by atoms with Gasteiger partial charge in [0.1, 0.15) is 10.6 Å². The number of amides is 1. The van der Waals surface area contributed by atoms with E-state index in [0.29, 0.717) is 11.1 Å². The maximum Gasteiger partial charge on any atom is 0.265 e. The van der Waals surface area contributed by atoms with Gasteiger partial charge >= 0.3 is 0 Å². The van der Waals surface area contributed by atoms with Gasteiger partial charge in [-0.25, -0.2) is 8.42 Å². The van der Waals surface area contributed by atoms with E-state index in [1.807, 2.05) is 0 Å². The Morgan fingerprint density at radius 3 is 2.71 bits per heavy atom. The fourth-order valence-corrected chi connectivity index (χ4v) is 3.05. The van der Waals surface area contributed by atoms with Crippen LogP contribution in [0.4, 0.5) is 0 Å². The molecule has 1 N–H and O–H groups in total. The molecule has 0 saturated heterocycles. The summed E-state index contributed by atoms with van der Waals surface area (Å²) in [6, 6.07) is 4.15. The molecule has 1 amide bonds. The number of nitrogens with one attached hydrogen (secondary N) is 1. The predicted octanol–water partition coefficient (Wildman–Crippen LogP) is 1.91. The van der Waals surface area contributed by atoms with Crippen LogP contribution < -0.4 is 10.1 Å². The third-order valence-electron chi connectivity index (χ3n) is 2.35. The molecule has 0 fully saturated rings. The van der Waals surface area contributed by atoms with Gasteiger partial charge < -0.3 is 14.8 Å². The molecule has 21 heavy (non-hydrogen) atoms. The van der Waals surface area contributed by atoms with Gasteiger partial charge in [0.2, 0.25) is 0 Å². The zero-order valence-electron chi connectivity index (χ0n) is 11.4. The number of ether oxygens (including phenoxy) is 2. The number of carbonyl (C=O) groups is 1. The van der Waals surface area contributed by atoms with Gasteiger partial charge in [0.15, 0.2) is 6.61 Å². The largest absolute Gasteiger partial charge is 0.482 e. The number of halogens is 2. The van der Waals surface area contributed by atoms with E-state index < -0.39 is 9.05 Å². The maximum atomic E-state index is 11.6. The van der Waals surface area contributed by atoms with Crippen LogP contribution in [0.2, 0.25) is 0 Å². The molecule has 0 aliphatic rings. The van der Waals surface area contributed by atoms with E-state index in [1.165, 1.54) is 19.2 Å². The van der Waals surface area contributed by atoms with Crippen LogP contribution in [0.5, 0.6) is 5.75 Å². The standard InChI is InChI=1S/C12H15BrClNO5S/c1-8(6-19-2)15-12(16)7-20-10-4-3-9(13)5-11(10)21(14,17)18/h3-5,8H,6-7H2,1-2H3,(H,15,16). The zero-order valence-corrected chi connectivity index (χ0v) is 14.6. The maximum absolute atomic E-state index is 11.6. The van der Waals surface area contributed by atoms with Crippen LogP contribution in [0.15, 0.2) is 27.6 Å². The van der Waals surface area contributed by atoms with Crippen LogP contribution in [0.1, 0.15) is 6.92 Å². The molecule has 9 heteroatoms. The van der Waals surface area contributed by atoms with Crippen molar-refractivity contribution < 1.29 is 22.7 Å². The molecule has 0 aromatic heterocycles. The molecule has 0 heterocycles. The first kappa shape index (κ1) is 18.2. The number of carbonyl (C=O) groups excluding carboxylic acids is 1. The lowest BCUT2D eigenvalue weighted by Crippen LogP contribution is -2.38. The van der Waals surface area contributed by atoms with Gasteiger partial charge in [-0.15, -0.1) is 0 Å². The Morgan fingerprint density at radius 1 is 1.48 bits per heavy atom. The highest BCUT2D eigenvalue weighted by molar-refractivity contribution is 9.10. The zero-order chi connectivity index (χ0) is 16.0. The van der Waals surface area contributed by atoms with Gasteiger partial charge in [0.05, 0.1) is 6.61 Å². The van der Waals surface area contributed by atoms with Crippen molar-refractivity contribution >= 4 is 41.6 Å². The first-order chi connectivity index (χ1) is 9.74. The van der Waals surface area contributed by atoms with E-state index in [-0.39, 0.29) is 29.2 Å². The summed E-state index contributed by atoms with van der Waals surface area (Å²) in [5.74, 6) is -0.372. The SMILES string of the molecule is COCC(C)NC(=O)COc1ccc(Br)cc1S(=O)(=O)Cl. The van der Waals surface area contributed by atoms with E-state index in [1.54, 1.807) is 13.0 Å². The van der Waals surface area contributed by atoms with E-state index in [9.17, 15) is 13.2 Å². The number of rotatable bonds is 7. The highest BCUT2D eigenvalue weighted by atomic mass is 79.9. The molecule has 0 aliphatic heterocycles. The molecule has 0 bridgehead atoms. The van der Waals surface area contributed by atoms with Crippen molar-refractivity contribution in [2.24, 2.45) is 0 Å². The van der Waals surface area contributed by atoms with Crippen LogP contribution in [0, 0.1) is 0 Å². The molecule has 1 unspecified atom stereocenters. The van der Waals surface area contributed by atoms with Gasteiger partial charge in [-0.05, 0) is 25.1 Å². The van der Waals surface area contributed by atoms with Crippen molar-refractivity contribution in [1.29, 1.82) is 0 Å². The number of hydrogen-bond donors (Lipinski definition) is 1. The third-order valence-corrected chi connectivity index (χ3v) is 4.19. The minimum absolute atomic E-state index is 0.0164. The molecule has 0 radical (unpaired) electrons. The molecule has 6 nitrogen and oxygen atoms in total. The molecule has 0 saturated carbocycles. The molecule has 1 atom stereocenters. The molecule has 1 rings (SSSR count). The van der Waals surface area contributed by atoms with Crippen molar-refractivity contribution in [2.75, 3.05) is 20.3 Å². The van der Waals surface area contributed by atoms with Crippen molar-refractivity contribution in [2.45, 2.75) is 17.9 Å². The third kappa shape index (κ3) is 6.21. The lowest BCUT2D eigenvalue weighted by Gasteiger charge is -2.14. The summed E-state index contributed by atoms with van der Waals surface area (Å²) in [6.45, 7) is 1.82. The Kier molecular flexibility index (Phi) is 6.92. The second kappa shape index (κ2) is 7.98. The van der Waals surface area contributed by atoms with Crippen LogP contribution >= 0.6 is 26.6 Å². The summed E-state index contributed by atoms with van der Waals surface area (Å²) >= 11 is 3.15.